The first-order valence-corrected chi connectivity index (χ1v) is 18.0. The van der Waals surface area contributed by atoms with Gasteiger partial charge < -0.3 is 18.9 Å². The fraction of sp³-hybridized carbons (Fsp3) is 0.889. The van der Waals surface area contributed by atoms with Crippen molar-refractivity contribution in [2.75, 3.05) is 19.8 Å². The minimum Gasteiger partial charge on any atom is -0.466 e. The summed E-state index contributed by atoms with van der Waals surface area (Å²) < 4.78 is 21.6. The monoisotopic (exact) mass is 626 g/mol. The van der Waals surface area contributed by atoms with E-state index in [0.717, 1.165) is 38.5 Å². The maximum Gasteiger partial charge on any atom is 0.351 e. The van der Waals surface area contributed by atoms with Crippen LogP contribution in [0.25, 0.3) is 0 Å². The third-order valence-corrected chi connectivity index (χ3v) is 7.78. The highest BCUT2D eigenvalue weighted by molar-refractivity contribution is 5.92. The zero-order chi connectivity index (χ0) is 32.7. The number of carbonyl (C=O) groups excluding carboxylic acids is 4. The highest BCUT2D eigenvalue weighted by Crippen LogP contribution is 2.27. The maximum atomic E-state index is 13.3. The third kappa shape index (κ3) is 23.3. The highest BCUT2D eigenvalue weighted by atomic mass is 16.6. The van der Waals surface area contributed by atoms with Gasteiger partial charge in [-0.15, -0.1) is 0 Å². The molecule has 0 radical (unpaired) electrons. The van der Waals surface area contributed by atoms with E-state index in [-0.39, 0.29) is 26.2 Å². The van der Waals surface area contributed by atoms with Crippen LogP contribution in [-0.4, -0.2) is 49.3 Å². The Morgan fingerprint density at radius 3 is 1.14 bits per heavy atom. The van der Waals surface area contributed by atoms with Crippen molar-refractivity contribution in [1.82, 2.24) is 0 Å². The lowest BCUT2D eigenvalue weighted by Gasteiger charge is -2.30. The average molecular weight is 627 g/mol. The molecule has 258 valence electrons. The number of unbranched alkanes of at least 4 members (excludes halogenated alkanes) is 17. The standard InChI is InChI=1S/C36H66O8/c1-5-9-13-14-15-16-17-18-19-20-21-22-23-24-25-26-32(37)44-36(35(40)43-29-12-8-4,30-33(38)41-27-10-6-2)31-34(39)42-28-11-7-3/h5-31H2,1-4H3. The predicted octanol–water partition coefficient (Wildman–Crippen LogP) is 9.34. The largest absolute Gasteiger partial charge is 0.466 e. The second kappa shape index (κ2) is 29.6. The van der Waals surface area contributed by atoms with Crippen LogP contribution in [0.4, 0.5) is 0 Å². The van der Waals surface area contributed by atoms with Gasteiger partial charge >= 0.3 is 23.9 Å². The van der Waals surface area contributed by atoms with Crippen LogP contribution in [0.3, 0.4) is 0 Å². The van der Waals surface area contributed by atoms with Gasteiger partial charge in [0.1, 0.15) is 0 Å². The van der Waals surface area contributed by atoms with Gasteiger partial charge in [-0.1, -0.05) is 137 Å². The van der Waals surface area contributed by atoms with Gasteiger partial charge in [-0.25, -0.2) is 4.79 Å². The van der Waals surface area contributed by atoms with Crippen molar-refractivity contribution >= 4 is 23.9 Å². The Balaban J connectivity index is 4.86. The number of hydrogen-bond donors (Lipinski definition) is 0. The summed E-state index contributed by atoms with van der Waals surface area (Å²) in [7, 11) is 0. The highest BCUT2D eigenvalue weighted by Gasteiger charge is 2.49. The van der Waals surface area contributed by atoms with E-state index in [0.29, 0.717) is 25.7 Å². The first kappa shape index (κ1) is 41.9. The first-order chi connectivity index (χ1) is 21.3. The number of ether oxygens (including phenoxy) is 4. The van der Waals surface area contributed by atoms with E-state index in [4.69, 9.17) is 18.9 Å². The number of carbonyl (C=O) groups is 4. The van der Waals surface area contributed by atoms with Gasteiger partial charge in [0.2, 0.25) is 5.60 Å². The fourth-order valence-corrected chi connectivity index (χ4v) is 4.90. The Bertz CT molecular complexity index is 712. The lowest BCUT2D eigenvalue weighted by Crippen LogP contribution is -2.48. The molecular weight excluding hydrogens is 560 g/mol. The zero-order valence-electron chi connectivity index (χ0n) is 28.9. The van der Waals surface area contributed by atoms with Crippen LogP contribution in [-0.2, 0) is 38.1 Å². The van der Waals surface area contributed by atoms with Crippen LogP contribution >= 0.6 is 0 Å². The van der Waals surface area contributed by atoms with Crippen molar-refractivity contribution in [3.63, 3.8) is 0 Å². The van der Waals surface area contributed by atoms with Gasteiger partial charge in [0.05, 0.1) is 32.7 Å². The molecule has 0 spiro atoms. The Kier molecular flexibility index (Phi) is 28.2. The molecule has 0 saturated carbocycles. The Morgan fingerprint density at radius 2 is 0.750 bits per heavy atom. The molecule has 0 fully saturated rings. The molecule has 0 aliphatic rings. The molecule has 0 N–H and O–H groups in total. The van der Waals surface area contributed by atoms with Crippen LogP contribution in [0, 0.1) is 0 Å². The van der Waals surface area contributed by atoms with Crippen molar-refractivity contribution < 1.29 is 38.1 Å². The van der Waals surface area contributed by atoms with Crippen LogP contribution in [0.1, 0.15) is 182 Å². The lowest BCUT2D eigenvalue weighted by atomic mass is 9.94. The molecule has 0 unspecified atom stereocenters. The van der Waals surface area contributed by atoms with Crippen molar-refractivity contribution in [1.29, 1.82) is 0 Å². The Hall–Kier alpha value is -2.12. The lowest BCUT2D eigenvalue weighted by molar-refractivity contribution is -0.191. The second-order valence-electron chi connectivity index (χ2n) is 12.2. The molecule has 0 atom stereocenters. The molecule has 8 heteroatoms. The summed E-state index contributed by atoms with van der Waals surface area (Å²) in [5, 5.41) is 0. The molecule has 44 heavy (non-hydrogen) atoms. The molecular formula is C36H66O8. The second-order valence-corrected chi connectivity index (χ2v) is 12.2. The molecule has 0 amide bonds. The molecule has 0 rings (SSSR count). The molecule has 0 aliphatic heterocycles. The molecule has 0 saturated heterocycles. The molecule has 0 heterocycles. The number of hydrogen-bond acceptors (Lipinski definition) is 8. The summed E-state index contributed by atoms with van der Waals surface area (Å²) in [6.07, 6.45) is 21.5. The van der Waals surface area contributed by atoms with Crippen LogP contribution in [0.5, 0.6) is 0 Å². The van der Waals surface area contributed by atoms with Gasteiger partial charge in [-0.3, -0.25) is 14.4 Å². The molecule has 0 aliphatic carbocycles. The van der Waals surface area contributed by atoms with Crippen molar-refractivity contribution in [2.45, 2.75) is 187 Å². The number of rotatable bonds is 31. The van der Waals surface area contributed by atoms with E-state index < -0.39 is 42.3 Å². The van der Waals surface area contributed by atoms with Gasteiger partial charge in [0.15, 0.2) is 0 Å². The van der Waals surface area contributed by atoms with Crippen molar-refractivity contribution in [3.8, 4) is 0 Å². The summed E-state index contributed by atoms with van der Waals surface area (Å²) in [6.45, 7) is 8.61. The number of esters is 4. The van der Waals surface area contributed by atoms with E-state index in [1.165, 1.54) is 70.6 Å². The van der Waals surface area contributed by atoms with Crippen molar-refractivity contribution in [3.05, 3.63) is 0 Å². The minimum atomic E-state index is -2.10. The van der Waals surface area contributed by atoms with Crippen molar-refractivity contribution in [2.24, 2.45) is 0 Å². The quantitative estimate of drug-likeness (QED) is 0.0426. The summed E-state index contributed by atoms with van der Waals surface area (Å²) in [4.78, 5) is 51.7. The summed E-state index contributed by atoms with van der Waals surface area (Å²) in [5.41, 5.74) is -2.10. The Labute approximate surface area is 269 Å². The first-order valence-electron chi connectivity index (χ1n) is 18.0. The fourth-order valence-electron chi connectivity index (χ4n) is 4.90. The molecule has 8 nitrogen and oxygen atoms in total. The van der Waals surface area contributed by atoms with E-state index in [1.807, 2.05) is 20.8 Å². The van der Waals surface area contributed by atoms with Crippen LogP contribution in [0.15, 0.2) is 0 Å². The van der Waals surface area contributed by atoms with Gasteiger partial charge in [0.25, 0.3) is 0 Å². The van der Waals surface area contributed by atoms with E-state index in [9.17, 15) is 19.2 Å². The third-order valence-electron chi connectivity index (χ3n) is 7.78. The van der Waals surface area contributed by atoms with E-state index in [1.54, 1.807) is 0 Å². The van der Waals surface area contributed by atoms with Gasteiger partial charge in [-0.2, -0.15) is 0 Å². The van der Waals surface area contributed by atoms with Crippen LogP contribution in [0.2, 0.25) is 0 Å². The summed E-state index contributed by atoms with van der Waals surface area (Å²) >= 11 is 0. The predicted molar refractivity (Wildman–Crippen MR) is 175 cm³/mol. The van der Waals surface area contributed by atoms with Crippen LogP contribution < -0.4 is 0 Å². The topological polar surface area (TPSA) is 105 Å². The SMILES string of the molecule is CCCCCCCCCCCCCCCCCC(=O)OC(CC(=O)OCCCC)(CC(=O)OCCCC)C(=O)OCCCC. The van der Waals surface area contributed by atoms with Gasteiger partial charge in [-0.05, 0) is 25.7 Å². The molecule has 0 aromatic carbocycles. The smallest absolute Gasteiger partial charge is 0.351 e. The van der Waals surface area contributed by atoms with Gasteiger partial charge in [0, 0.05) is 6.42 Å². The molecule has 0 bridgehead atoms. The normalized spacial score (nSPS) is 11.3. The average Bonchev–Trinajstić information content (AvgIpc) is 2.99. The zero-order valence-corrected chi connectivity index (χ0v) is 28.9. The summed E-state index contributed by atoms with van der Waals surface area (Å²) in [5.74, 6) is -2.97. The molecule has 0 aromatic rings. The summed E-state index contributed by atoms with van der Waals surface area (Å²) in [6, 6.07) is 0. The maximum absolute atomic E-state index is 13.3. The van der Waals surface area contributed by atoms with E-state index in [2.05, 4.69) is 6.92 Å². The molecule has 0 aromatic heterocycles. The Morgan fingerprint density at radius 1 is 0.409 bits per heavy atom. The minimum absolute atomic E-state index is 0.0952. The van der Waals surface area contributed by atoms with E-state index >= 15 is 0 Å².